The fourth-order valence-electron chi connectivity index (χ4n) is 3.21. The maximum absolute atomic E-state index is 12.4. The molecule has 0 amide bonds. The van der Waals surface area contributed by atoms with Crippen molar-refractivity contribution >= 4 is 28.4 Å². The fraction of sp³-hybridized carbons (Fsp3) is 0.353. The van der Waals surface area contributed by atoms with E-state index < -0.39 is 0 Å². The maximum atomic E-state index is 12.4. The molecular formula is C17H18N4OS. The number of hydrogen-bond acceptors (Lipinski definition) is 4. The first-order chi connectivity index (χ1) is 11.3. The molecule has 0 unspecified atom stereocenters. The van der Waals surface area contributed by atoms with Gasteiger partial charge in [-0.15, -0.1) is 5.10 Å². The number of benzene rings is 1. The van der Waals surface area contributed by atoms with Crippen LogP contribution in [0.4, 0.5) is 0 Å². The van der Waals surface area contributed by atoms with Crippen LogP contribution in [0.15, 0.2) is 35.6 Å². The molecule has 6 heteroatoms. The maximum Gasteiger partial charge on any atom is 0.208 e. The van der Waals surface area contributed by atoms with E-state index in [0.29, 0.717) is 16.8 Å². The van der Waals surface area contributed by atoms with Gasteiger partial charge in [-0.1, -0.05) is 42.8 Å². The van der Waals surface area contributed by atoms with Crippen molar-refractivity contribution in [2.75, 3.05) is 5.75 Å². The lowest BCUT2D eigenvalue weighted by atomic mass is 10.1. The van der Waals surface area contributed by atoms with Gasteiger partial charge in [-0.25, -0.2) is 4.98 Å². The van der Waals surface area contributed by atoms with Crippen LogP contribution in [0, 0.1) is 0 Å². The molecule has 0 atom stereocenters. The zero-order chi connectivity index (χ0) is 15.6. The van der Waals surface area contributed by atoms with Crippen molar-refractivity contribution in [1.29, 1.82) is 0 Å². The van der Waals surface area contributed by atoms with Crippen molar-refractivity contribution in [2.45, 2.75) is 36.8 Å². The lowest BCUT2D eigenvalue weighted by Gasteiger charge is -2.01. The number of carbonyl (C=O) groups excluding carboxylic acids is 1. The van der Waals surface area contributed by atoms with Crippen LogP contribution in [0.1, 0.15) is 47.8 Å². The zero-order valence-electron chi connectivity index (χ0n) is 12.7. The second-order valence-corrected chi connectivity index (χ2v) is 6.89. The lowest BCUT2D eigenvalue weighted by molar-refractivity contribution is 0.102. The smallest absolute Gasteiger partial charge is 0.208 e. The number of fused-ring (bicyclic) bond motifs is 1. The van der Waals surface area contributed by atoms with E-state index in [4.69, 9.17) is 0 Å². The van der Waals surface area contributed by atoms with E-state index in [1.165, 1.54) is 37.4 Å². The Morgan fingerprint density at radius 3 is 2.96 bits per heavy atom. The van der Waals surface area contributed by atoms with Gasteiger partial charge in [0, 0.05) is 28.6 Å². The molecule has 1 aliphatic rings. The Balaban J connectivity index is 1.43. The fourth-order valence-corrected chi connectivity index (χ4v) is 3.90. The van der Waals surface area contributed by atoms with Crippen LogP contribution in [0.2, 0.25) is 0 Å². The predicted molar refractivity (Wildman–Crippen MR) is 90.9 cm³/mol. The third-order valence-electron chi connectivity index (χ3n) is 4.45. The van der Waals surface area contributed by atoms with Crippen molar-refractivity contribution in [3.8, 4) is 0 Å². The third kappa shape index (κ3) is 2.91. The normalized spacial score (nSPS) is 15.5. The van der Waals surface area contributed by atoms with Gasteiger partial charge in [0.05, 0.1) is 5.75 Å². The van der Waals surface area contributed by atoms with Gasteiger partial charge in [-0.2, -0.15) is 0 Å². The van der Waals surface area contributed by atoms with Crippen LogP contribution in [-0.4, -0.2) is 31.7 Å². The Morgan fingerprint density at radius 1 is 1.26 bits per heavy atom. The quantitative estimate of drug-likeness (QED) is 0.550. The summed E-state index contributed by atoms with van der Waals surface area (Å²) >= 11 is 1.40. The molecule has 1 fully saturated rings. The first kappa shape index (κ1) is 14.5. The number of hydrogen-bond donors (Lipinski definition) is 2. The third-order valence-corrected chi connectivity index (χ3v) is 5.29. The highest BCUT2D eigenvalue weighted by atomic mass is 32.2. The molecule has 2 heterocycles. The highest BCUT2D eigenvalue weighted by molar-refractivity contribution is 7.99. The second kappa shape index (κ2) is 6.20. The van der Waals surface area contributed by atoms with Crippen molar-refractivity contribution in [1.82, 2.24) is 20.2 Å². The number of rotatable bonds is 5. The zero-order valence-corrected chi connectivity index (χ0v) is 13.5. The van der Waals surface area contributed by atoms with Gasteiger partial charge in [0.15, 0.2) is 5.78 Å². The van der Waals surface area contributed by atoms with Gasteiger partial charge in [0.25, 0.3) is 0 Å². The number of ketones is 1. The molecular weight excluding hydrogens is 308 g/mol. The Hall–Kier alpha value is -2.08. The van der Waals surface area contributed by atoms with Gasteiger partial charge in [-0.3, -0.25) is 9.89 Å². The molecule has 1 aromatic carbocycles. The Labute approximate surface area is 138 Å². The average Bonchev–Trinajstić information content (AvgIpc) is 3.31. The number of aromatic amines is 2. The molecule has 0 spiro atoms. The van der Waals surface area contributed by atoms with E-state index in [1.54, 1.807) is 6.20 Å². The monoisotopic (exact) mass is 326 g/mol. The van der Waals surface area contributed by atoms with E-state index in [2.05, 4.69) is 20.2 Å². The van der Waals surface area contributed by atoms with Crippen LogP contribution in [-0.2, 0) is 0 Å². The van der Waals surface area contributed by atoms with Crippen molar-refractivity contribution < 1.29 is 4.79 Å². The topological polar surface area (TPSA) is 74.4 Å². The molecule has 0 aliphatic heterocycles. The minimum Gasteiger partial charge on any atom is -0.360 e. The minimum absolute atomic E-state index is 0.0969. The van der Waals surface area contributed by atoms with Crippen LogP contribution in [0.3, 0.4) is 0 Å². The number of nitrogens with one attached hydrogen (secondary N) is 2. The number of carbonyl (C=O) groups is 1. The molecule has 5 nitrogen and oxygen atoms in total. The molecule has 4 rings (SSSR count). The average molecular weight is 326 g/mol. The largest absolute Gasteiger partial charge is 0.360 e. The minimum atomic E-state index is 0.0969. The molecule has 0 radical (unpaired) electrons. The summed E-state index contributed by atoms with van der Waals surface area (Å²) in [7, 11) is 0. The number of thioether (sulfide) groups is 1. The van der Waals surface area contributed by atoms with E-state index in [1.807, 2.05) is 24.3 Å². The van der Waals surface area contributed by atoms with Crippen LogP contribution in [0.25, 0.3) is 10.9 Å². The molecule has 3 aromatic rings. The number of Topliss-reactive ketones (excluding diaryl/α,β-unsaturated/α-hetero) is 1. The molecule has 2 N–H and O–H groups in total. The molecule has 23 heavy (non-hydrogen) atoms. The van der Waals surface area contributed by atoms with Crippen LogP contribution in [0.5, 0.6) is 0 Å². The summed E-state index contributed by atoms with van der Waals surface area (Å²) in [6.07, 6.45) is 6.70. The van der Waals surface area contributed by atoms with Crippen molar-refractivity contribution in [2.24, 2.45) is 0 Å². The summed E-state index contributed by atoms with van der Waals surface area (Å²) in [5.74, 6) is 1.94. The van der Waals surface area contributed by atoms with E-state index >= 15 is 0 Å². The van der Waals surface area contributed by atoms with E-state index in [-0.39, 0.29) is 5.78 Å². The van der Waals surface area contributed by atoms with Gasteiger partial charge in [0.1, 0.15) is 5.82 Å². The predicted octanol–water partition coefficient (Wildman–Crippen LogP) is 3.92. The highest BCUT2D eigenvalue weighted by Crippen LogP contribution is 2.32. The van der Waals surface area contributed by atoms with Gasteiger partial charge >= 0.3 is 0 Å². The van der Waals surface area contributed by atoms with Gasteiger partial charge in [-0.05, 0) is 18.9 Å². The SMILES string of the molecule is O=C(CSc1n[nH]c(C2CCCC2)n1)c1c[nH]c2ccccc12. The lowest BCUT2D eigenvalue weighted by Crippen LogP contribution is -2.01. The molecule has 1 aliphatic carbocycles. The Kier molecular flexibility index (Phi) is 3.91. The first-order valence-electron chi connectivity index (χ1n) is 7.95. The summed E-state index contributed by atoms with van der Waals surface area (Å²) in [5, 5.41) is 8.92. The Bertz CT molecular complexity index is 832. The molecule has 0 saturated heterocycles. The summed E-state index contributed by atoms with van der Waals surface area (Å²) in [6.45, 7) is 0. The highest BCUT2D eigenvalue weighted by Gasteiger charge is 2.21. The number of H-pyrrole nitrogens is 2. The molecule has 118 valence electrons. The summed E-state index contributed by atoms with van der Waals surface area (Å²) < 4.78 is 0. The van der Waals surface area contributed by atoms with E-state index in [0.717, 1.165) is 22.3 Å². The van der Waals surface area contributed by atoms with Crippen LogP contribution >= 0.6 is 11.8 Å². The van der Waals surface area contributed by atoms with Crippen molar-refractivity contribution in [3.63, 3.8) is 0 Å². The standard InChI is InChI=1S/C17H18N4OS/c22-15(13-9-18-14-8-4-3-7-12(13)14)10-23-17-19-16(20-21-17)11-5-1-2-6-11/h3-4,7-9,11,18H,1-2,5-6,10H2,(H,19,20,21). The number of nitrogens with zero attached hydrogens (tertiary/aromatic N) is 2. The summed E-state index contributed by atoms with van der Waals surface area (Å²) in [4.78, 5) is 20.1. The van der Waals surface area contributed by atoms with Crippen LogP contribution < -0.4 is 0 Å². The molecule has 0 bridgehead atoms. The van der Waals surface area contributed by atoms with Gasteiger partial charge in [0.2, 0.25) is 5.16 Å². The molecule has 1 saturated carbocycles. The number of para-hydroxylation sites is 1. The second-order valence-electron chi connectivity index (χ2n) is 5.94. The first-order valence-corrected chi connectivity index (χ1v) is 8.94. The van der Waals surface area contributed by atoms with E-state index in [9.17, 15) is 4.79 Å². The summed E-state index contributed by atoms with van der Waals surface area (Å²) in [6, 6.07) is 7.85. The van der Waals surface area contributed by atoms with Gasteiger partial charge < -0.3 is 4.98 Å². The van der Waals surface area contributed by atoms with Crippen molar-refractivity contribution in [3.05, 3.63) is 41.9 Å². The molecule has 2 aromatic heterocycles. The Morgan fingerprint density at radius 2 is 2.09 bits per heavy atom. The number of aromatic nitrogens is 4. The summed E-state index contributed by atoms with van der Waals surface area (Å²) in [5.41, 5.74) is 1.72.